The lowest BCUT2D eigenvalue weighted by atomic mass is 10.3. The molecule has 4 N–H and O–H groups in total. The van der Waals surface area contributed by atoms with Crippen LogP contribution in [-0.2, 0) is 14.8 Å². The highest BCUT2D eigenvalue weighted by Gasteiger charge is 2.09. The normalized spacial score (nSPS) is 11.6. The van der Waals surface area contributed by atoms with E-state index in [4.69, 9.17) is 5.14 Å². The fraction of sp³-hybridized carbons (Fsp3) is 0.125. The Morgan fingerprint density at radius 3 is 2.56 bits per heavy atom. The Labute approximate surface area is 149 Å². The summed E-state index contributed by atoms with van der Waals surface area (Å²) < 4.78 is 22.4. The number of amides is 1. The number of nitrogens with zero attached hydrogens (tertiary/aromatic N) is 1. The smallest absolute Gasteiger partial charge is 0.238 e. The zero-order valence-corrected chi connectivity index (χ0v) is 14.7. The minimum absolute atomic E-state index is 0.00550. The number of fused-ring (bicyclic) bond motifs is 1. The van der Waals surface area contributed by atoms with Crippen LogP contribution in [0.1, 0.15) is 6.42 Å². The Kier molecular flexibility index (Phi) is 5.07. The molecular formula is C16H16N4O3S2. The monoisotopic (exact) mass is 376 g/mol. The Morgan fingerprint density at radius 2 is 1.88 bits per heavy atom. The number of sulfonamides is 1. The van der Waals surface area contributed by atoms with E-state index in [1.165, 1.54) is 36.0 Å². The first-order valence-electron chi connectivity index (χ1n) is 7.42. The number of benzene rings is 2. The number of rotatable bonds is 6. The van der Waals surface area contributed by atoms with Gasteiger partial charge in [0.25, 0.3) is 0 Å². The number of anilines is 1. The standard InChI is InChI=1S/C16H16N4O3S2/c17-25(22,23)12-7-5-11(6-8-12)18-15(21)9-10-24-16-19-13-3-1-2-4-14(13)20-16/h1-8H,9-10H2,(H,18,21)(H,19,20)(H2,17,22,23). The van der Waals surface area contributed by atoms with Gasteiger partial charge in [-0.1, -0.05) is 23.9 Å². The molecule has 0 aliphatic heterocycles. The molecule has 0 bridgehead atoms. The van der Waals surface area contributed by atoms with Gasteiger partial charge in [0.05, 0.1) is 15.9 Å². The van der Waals surface area contributed by atoms with Crippen molar-refractivity contribution in [3.05, 3.63) is 48.5 Å². The number of imidazole rings is 1. The molecule has 1 aromatic heterocycles. The fourth-order valence-corrected chi connectivity index (χ4v) is 3.53. The lowest BCUT2D eigenvalue weighted by Crippen LogP contribution is -2.14. The molecule has 1 amide bonds. The Balaban J connectivity index is 1.51. The summed E-state index contributed by atoms with van der Waals surface area (Å²) in [5, 5.41) is 8.52. The minimum atomic E-state index is -3.73. The lowest BCUT2D eigenvalue weighted by Gasteiger charge is -2.05. The Morgan fingerprint density at radius 1 is 1.16 bits per heavy atom. The first-order chi connectivity index (χ1) is 11.9. The van der Waals surface area contributed by atoms with Crippen molar-refractivity contribution in [2.45, 2.75) is 16.5 Å². The molecule has 1 heterocycles. The summed E-state index contributed by atoms with van der Waals surface area (Å²) in [5.74, 6) is 0.410. The maximum Gasteiger partial charge on any atom is 0.238 e. The summed E-state index contributed by atoms with van der Waals surface area (Å²) in [6.45, 7) is 0. The van der Waals surface area contributed by atoms with Crippen molar-refractivity contribution in [2.24, 2.45) is 5.14 Å². The topological polar surface area (TPSA) is 118 Å². The highest BCUT2D eigenvalue weighted by atomic mass is 32.2. The van der Waals surface area contributed by atoms with E-state index in [1.54, 1.807) is 0 Å². The Bertz CT molecular complexity index is 965. The molecular weight excluding hydrogens is 360 g/mol. The summed E-state index contributed by atoms with van der Waals surface area (Å²) in [6, 6.07) is 13.4. The molecule has 130 valence electrons. The minimum Gasteiger partial charge on any atom is -0.333 e. The summed E-state index contributed by atoms with van der Waals surface area (Å²) >= 11 is 1.47. The average Bonchev–Trinajstić information content (AvgIpc) is 2.97. The van der Waals surface area contributed by atoms with Gasteiger partial charge in [0.2, 0.25) is 15.9 Å². The summed E-state index contributed by atoms with van der Waals surface area (Å²) in [7, 11) is -3.73. The maximum atomic E-state index is 12.0. The number of aromatic nitrogens is 2. The van der Waals surface area contributed by atoms with E-state index in [2.05, 4.69) is 15.3 Å². The first kappa shape index (κ1) is 17.5. The van der Waals surface area contributed by atoms with Crippen molar-refractivity contribution < 1.29 is 13.2 Å². The van der Waals surface area contributed by atoms with E-state index in [9.17, 15) is 13.2 Å². The number of H-pyrrole nitrogens is 1. The molecule has 0 aliphatic carbocycles. The number of primary sulfonamides is 1. The van der Waals surface area contributed by atoms with Crippen molar-refractivity contribution in [1.82, 2.24) is 9.97 Å². The molecule has 0 saturated heterocycles. The van der Waals surface area contributed by atoms with E-state index in [-0.39, 0.29) is 10.8 Å². The van der Waals surface area contributed by atoms with Crippen LogP contribution >= 0.6 is 11.8 Å². The van der Waals surface area contributed by atoms with Gasteiger partial charge in [0.15, 0.2) is 5.16 Å². The second-order valence-electron chi connectivity index (χ2n) is 5.28. The summed E-state index contributed by atoms with van der Waals surface area (Å²) in [5.41, 5.74) is 2.37. The van der Waals surface area contributed by atoms with E-state index in [0.717, 1.165) is 16.2 Å². The van der Waals surface area contributed by atoms with E-state index in [1.807, 2.05) is 24.3 Å². The number of thioether (sulfide) groups is 1. The number of carbonyl (C=O) groups is 1. The van der Waals surface area contributed by atoms with E-state index >= 15 is 0 Å². The molecule has 0 atom stereocenters. The van der Waals surface area contributed by atoms with Crippen molar-refractivity contribution in [3.63, 3.8) is 0 Å². The van der Waals surface area contributed by atoms with Gasteiger partial charge in [-0.2, -0.15) is 0 Å². The molecule has 0 saturated carbocycles. The third-order valence-corrected chi connectivity index (χ3v) is 5.21. The van der Waals surface area contributed by atoms with Crippen LogP contribution in [0.25, 0.3) is 11.0 Å². The van der Waals surface area contributed by atoms with Crippen LogP contribution in [0.5, 0.6) is 0 Å². The number of nitrogens with one attached hydrogen (secondary N) is 2. The zero-order valence-electron chi connectivity index (χ0n) is 13.1. The highest BCUT2D eigenvalue weighted by Crippen LogP contribution is 2.20. The summed E-state index contributed by atoms with van der Waals surface area (Å²) in [6.07, 6.45) is 0.304. The predicted molar refractivity (Wildman–Crippen MR) is 97.9 cm³/mol. The molecule has 0 radical (unpaired) electrons. The van der Waals surface area contributed by atoms with Crippen LogP contribution in [0, 0.1) is 0 Å². The lowest BCUT2D eigenvalue weighted by molar-refractivity contribution is -0.115. The van der Waals surface area contributed by atoms with Crippen LogP contribution in [0.15, 0.2) is 58.6 Å². The molecule has 2 aromatic carbocycles. The summed E-state index contributed by atoms with van der Waals surface area (Å²) in [4.78, 5) is 19.6. The van der Waals surface area contributed by atoms with Gasteiger partial charge in [-0.05, 0) is 36.4 Å². The van der Waals surface area contributed by atoms with Crippen LogP contribution in [0.3, 0.4) is 0 Å². The van der Waals surface area contributed by atoms with Gasteiger partial charge in [-0.15, -0.1) is 0 Å². The third kappa shape index (κ3) is 4.59. The second-order valence-corrected chi connectivity index (χ2v) is 7.92. The molecule has 3 aromatic rings. The number of hydrogen-bond donors (Lipinski definition) is 3. The first-order valence-corrected chi connectivity index (χ1v) is 9.95. The molecule has 7 nitrogen and oxygen atoms in total. The van der Waals surface area contributed by atoms with Crippen molar-refractivity contribution >= 4 is 44.4 Å². The van der Waals surface area contributed by atoms with Crippen LogP contribution in [-0.4, -0.2) is 30.0 Å². The van der Waals surface area contributed by atoms with Crippen molar-refractivity contribution in [3.8, 4) is 0 Å². The number of carbonyl (C=O) groups excluding carboxylic acids is 1. The van der Waals surface area contributed by atoms with Gasteiger partial charge in [0.1, 0.15) is 0 Å². The fourth-order valence-electron chi connectivity index (χ4n) is 2.19. The van der Waals surface area contributed by atoms with Gasteiger partial charge < -0.3 is 10.3 Å². The average molecular weight is 376 g/mol. The van der Waals surface area contributed by atoms with E-state index in [0.29, 0.717) is 17.9 Å². The SMILES string of the molecule is NS(=O)(=O)c1ccc(NC(=O)CCSc2nc3ccccc3[nH]2)cc1. The van der Waals surface area contributed by atoms with Crippen LogP contribution in [0.4, 0.5) is 5.69 Å². The number of nitrogens with two attached hydrogens (primary N) is 1. The van der Waals surface area contributed by atoms with Crippen LogP contribution in [0.2, 0.25) is 0 Å². The number of para-hydroxylation sites is 2. The largest absolute Gasteiger partial charge is 0.333 e. The van der Waals surface area contributed by atoms with Gasteiger partial charge in [-0.3, -0.25) is 4.79 Å². The quantitative estimate of drug-likeness (QED) is 0.571. The van der Waals surface area contributed by atoms with Gasteiger partial charge >= 0.3 is 0 Å². The zero-order chi connectivity index (χ0) is 17.9. The predicted octanol–water partition coefficient (Wildman–Crippen LogP) is 2.33. The molecule has 3 rings (SSSR count). The van der Waals surface area contributed by atoms with Crippen molar-refractivity contribution in [1.29, 1.82) is 0 Å². The Hall–Kier alpha value is -2.36. The number of hydrogen-bond acceptors (Lipinski definition) is 5. The van der Waals surface area contributed by atoms with Crippen LogP contribution < -0.4 is 10.5 Å². The molecule has 25 heavy (non-hydrogen) atoms. The van der Waals surface area contributed by atoms with Gasteiger partial charge in [-0.25, -0.2) is 18.5 Å². The molecule has 0 fully saturated rings. The molecule has 0 unspecified atom stereocenters. The molecule has 9 heteroatoms. The van der Waals surface area contributed by atoms with Crippen molar-refractivity contribution in [2.75, 3.05) is 11.1 Å². The van der Waals surface area contributed by atoms with E-state index < -0.39 is 10.0 Å². The maximum absolute atomic E-state index is 12.0. The third-order valence-electron chi connectivity index (χ3n) is 3.40. The molecule has 0 aliphatic rings. The highest BCUT2D eigenvalue weighted by molar-refractivity contribution is 7.99. The molecule has 0 spiro atoms. The number of aromatic amines is 1. The van der Waals surface area contributed by atoms with Gasteiger partial charge in [0, 0.05) is 17.9 Å². The second kappa shape index (κ2) is 7.26.